The molecule has 10 heteroatoms. The van der Waals surface area contributed by atoms with Crippen LogP contribution in [0.2, 0.25) is 0 Å². The van der Waals surface area contributed by atoms with Crippen LogP contribution in [-0.2, 0) is 47.7 Å². The molecule has 0 saturated carbocycles. The van der Waals surface area contributed by atoms with Gasteiger partial charge in [0.15, 0.2) is 0 Å². The summed E-state index contributed by atoms with van der Waals surface area (Å²) in [7, 11) is 0. The van der Waals surface area contributed by atoms with Crippen molar-refractivity contribution >= 4 is 29.8 Å². The summed E-state index contributed by atoms with van der Waals surface area (Å²) in [5.41, 5.74) is 2.36. The minimum absolute atomic E-state index is 0.0548. The van der Waals surface area contributed by atoms with Crippen molar-refractivity contribution in [3.05, 3.63) is 60.8 Å². The van der Waals surface area contributed by atoms with Crippen molar-refractivity contribution in [2.75, 3.05) is 26.4 Å². The van der Waals surface area contributed by atoms with Gasteiger partial charge in [0.2, 0.25) is 0 Å². The second kappa shape index (κ2) is 44.6. The van der Waals surface area contributed by atoms with Gasteiger partial charge in [0, 0.05) is 27.9 Å². The highest BCUT2D eigenvalue weighted by molar-refractivity contribution is 5.88. The molecule has 0 aliphatic carbocycles. The van der Waals surface area contributed by atoms with Crippen LogP contribution in [-0.4, -0.2) is 62.4 Å². The quantitative estimate of drug-likeness (QED) is 0.0358. The van der Waals surface area contributed by atoms with E-state index in [1.165, 1.54) is 25.7 Å². The highest BCUT2D eigenvalue weighted by atomic mass is 16.6. The second-order valence-electron chi connectivity index (χ2n) is 16.1. The summed E-state index contributed by atoms with van der Waals surface area (Å²) in [5.74, 6) is 0.490. The van der Waals surface area contributed by atoms with E-state index < -0.39 is 0 Å². The van der Waals surface area contributed by atoms with Crippen LogP contribution in [0, 0.1) is 17.8 Å². The molecular weight excluding hydrogens is 761 g/mol. The Hall–Kier alpha value is -3.95. The van der Waals surface area contributed by atoms with Crippen LogP contribution >= 0.6 is 0 Å². The highest BCUT2D eigenvalue weighted by Gasteiger charge is 2.10. The topological polar surface area (TPSA) is 132 Å². The zero-order valence-corrected chi connectivity index (χ0v) is 40.9. The van der Waals surface area contributed by atoms with Crippen LogP contribution in [0.1, 0.15) is 180 Å². The predicted octanol–water partition coefficient (Wildman–Crippen LogP) is 13.0. The van der Waals surface area contributed by atoms with Crippen molar-refractivity contribution in [3.63, 3.8) is 0 Å². The molecule has 1 unspecified atom stereocenters. The Labute approximate surface area is 368 Å². The normalized spacial score (nSPS) is 10.3. The molecule has 0 fully saturated rings. The zero-order chi connectivity index (χ0) is 47.6. The van der Waals surface area contributed by atoms with Crippen LogP contribution < -0.4 is 0 Å². The van der Waals surface area contributed by atoms with E-state index in [4.69, 9.17) is 23.7 Å². The van der Waals surface area contributed by atoms with Gasteiger partial charge in [0.25, 0.3) is 0 Å². The minimum atomic E-state index is -0.286. The van der Waals surface area contributed by atoms with Gasteiger partial charge in [0.1, 0.15) is 6.10 Å². The van der Waals surface area contributed by atoms with E-state index in [-0.39, 0.29) is 36.0 Å². The van der Waals surface area contributed by atoms with Crippen LogP contribution in [0.3, 0.4) is 0 Å². The van der Waals surface area contributed by atoms with Gasteiger partial charge in [0.05, 0.1) is 26.4 Å². The van der Waals surface area contributed by atoms with E-state index in [2.05, 4.69) is 81.4 Å². The first-order valence-corrected chi connectivity index (χ1v) is 22.1. The van der Waals surface area contributed by atoms with E-state index in [1.807, 2.05) is 13.8 Å². The molecule has 0 spiro atoms. The molecule has 0 aromatic carbocycles. The maximum atomic E-state index is 11.0. The standard InChI is InChI=1S/C12H22O2.2C10H18O2.2C9H16O2/c1-4-5-6-7-8-9-10-14-12(13)11(2)3;1-8(2)6-5-7-12-10(11)9(3)4;1-5-9(4)6-7-12-10(11)8(2)3;1-7(2)5-6-11-9(10)8(3)4;1-5-8(6-2)11-9(10)7(3)4/h2,4-10H2,1,3H3;8H,3,5-7H2,1-2,4H3;9H,2,5-7H2,1,3-4H3;7H,3,5-6H2,1-2,4H3;8H,3,5-6H2,1-2,4H3. The van der Waals surface area contributed by atoms with Gasteiger partial charge in [-0.05, 0) is 97.3 Å². The number of carbonyl (C=O) groups excluding carboxylic acids is 5. The largest absolute Gasteiger partial charge is 0.462 e. The maximum absolute atomic E-state index is 11.0. The fourth-order valence-corrected chi connectivity index (χ4v) is 3.85. The molecule has 0 N–H and O–H groups in total. The number of hydrogen-bond donors (Lipinski definition) is 0. The Bertz CT molecular complexity index is 1220. The summed E-state index contributed by atoms with van der Waals surface area (Å²) in [6, 6.07) is 0. The fourth-order valence-electron chi connectivity index (χ4n) is 3.85. The van der Waals surface area contributed by atoms with Gasteiger partial charge < -0.3 is 23.7 Å². The number of esters is 5. The van der Waals surface area contributed by atoms with Gasteiger partial charge in [-0.15, -0.1) is 0 Å². The Morgan fingerprint density at radius 2 is 0.733 bits per heavy atom. The molecule has 0 amide bonds. The Morgan fingerprint density at radius 1 is 0.400 bits per heavy atom. The van der Waals surface area contributed by atoms with Gasteiger partial charge in [-0.2, -0.15) is 0 Å². The van der Waals surface area contributed by atoms with E-state index in [0.717, 1.165) is 57.8 Å². The molecule has 0 radical (unpaired) electrons. The lowest BCUT2D eigenvalue weighted by atomic mass is 10.1. The van der Waals surface area contributed by atoms with E-state index >= 15 is 0 Å². The van der Waals surface area contributed by atoms with Gasteiger partial charge in [-0.3, -0.25) is 0 Å². The maximum Gasteiger partial charge on any atom is 0.333 e. The number of unbranched alkanes of at least 4 members (excludes halogenated alkanes) is 5. The van der Waals surface area contributed by atoms with Crippen molar-refractivity contribution in [3.8, 4) is 0 Å². The second-order valence-corrected chi connectivity index (χ2v) is 16.1. The molecule has 0 saturated heterocycles. The smallest absolute Gasteiger partial charge is 0.333 e. The van der Waals surface area contributed by atoms with Crippen molar-refractivity contribution in [2.24, 2.45) is 17.8 Å². The minimum Gasteiger partial charge on any atom is -0.462 e. The third kappa shape index (κ3) is 52.1. The molecule has 0 aromatic heterocycles. The predicted molar refractivity (Wildman–Crippen MR) is 249 cm³/mol. The third-order valence-corrected chi connectivity index (χ3v) is 8.29. The molecule has 0 rings (SSSR count). The summed E-state index contributed by atoms with van der Waals surface area (Å²) in [6.07, 6.45) is 14.1. The van der Waals surface area contributed by atoms with Crippen molar-refractivity contribution in [2.45, 2.75) is 187 Å². The average molecular weight is 851 g/mol. The van der Waals surface area contributed by atoms with E-state index in [1.54, 1.807) is 34.6 Å². The number of carbonyl (C=O) groups is 5. The lowest BCUT2D eigenvalue weighted by molar-refractivity contribution is -0.144. The Kier molecular flexibility index (Phi) is 48.4. The lowest BCUT2D eigenvalue weighted by Crippen LogP contribution is -2.16. The van der Waals surface area contributed by atoms with Crippen LogP contribution in [0.25, 0.3) is 0 Å². The molecule has 0 aliphatic heterocycles. The zero-order valence-electron chi connectivity index (χ0n) is 40.9. The Morgan fingerprint density at radius 3 is 1.07 bits per heavy atom. The van der Waals surface area contributed by atoms with Gasteiger partial charge in [-0.1, -0.05) is 134 Å². The van der Waals surface area contributed by atoms with Crippen LogP contribution in [0.15, 0.2) is 60.8 Å². The number of hydrogen-bond acceptors (Lipinski definition) is 10. The molecule has 10 nitrogen and oxygen atoms in total. The summed E-state index contributed by atoms with van der Waals surface area (Å²) >= 11 is 0. The SMILES string of the molecule is C=C(C)C(=O)OC(CC)CC.C=C(C)C(=O)OCCC(C)C.C=C(C)C(=O)OCCC(C)CC.C=C(C)C(=O)OCCCC(C)C.C=C(C)C(=O)OCCCCCCCC. The van der Waals surface area contributed by atoms with Gasteiger partial charge >= 0.3 is 29.8 Å². The average Bonchev–Trinajstić information content (AvgIpc) is 3.18. The van der Waals surface area contributed by atoms with Crippen molar-refractivity contribution < 1.29 is 47.7 Å². The molecule has 0 aliphatic rings. The van der Waals surface area contributed by atoms with Crippen LogP contribution in [0.5, 0.6) is 0 Å². The summed E-state index contributed by atoms with van der Waals surface area (Å²) in [4.78, 5) is 54.5. The molecule has 60 heavy (non-hydrogen) atoms. The molecule has 0 heterocycles. The highest BCUT2D eigenvalue weighted by Crippen LogP contribution is 2.08. The first kappa shape index (κ1) is 65.2. The number of ether oxygens (including phenoxy) is 5. The third-order valence-electron chi connectivity index (χ3n) is 8.29. The summed E-state index contributed by atoms with van der Waals surface area (Å²) in [6.45, 7) is 46.8. The van der Waals surface area contributed by atoms with Crippen molar-refractivity contribution in [1.29, 1.82) is 0 Å². The molecule has 0 aromatic rings. The first-order valence-electron chi connectivity index (χ1n) is 22.1. The first-order chi connectivity index (χ1) is 27.9. The fraction of sp³-hybridized carbons (Fsp3) is 0.700. The number of rotatable bonds is 26. The van der Waals surface area contributed by atoms with Gasteiger partial charge in [-0.25, -0.2) is 24.0 Å². The van der Waals surface area contributed by atoms with E-state index in [9.17, 15) is 24.0 Å². The molecular formula is C50H90O10. The van der Waals surface area contributed by atoms with Crippen LogP contribution in [0.4, 0.5) is 0 Å². The molecule has 1 atom stereocenters. The Balaban J connectivity index is -0.000000211. The molecule has 0 bridgehead atoms. The van der Waals surface area contributed by atoms with E-state index in [0.29, 0.717) is 72.0 Å². The monoisotopic (exact) mass is 851 g/mol. The molecule has 350 valence electrons. The summed E-state index contributed by atoms with van der Waals surface area (Å²) < 4.78 is 24.8. The lowest BCUT2D eigenvalue weighted by Gasteiger charge is -2.13. The summed E-state index contributed by atoms with van der Waals surface area (Å²) in [5, 5.41) is 0. The van der Waals surface area contributed by atoms with Crippen molar-refractivity contribution in [1.82, 2.24) is 0 Å².